The highest BCUT2D eigenvalue weighted by atomic mass is 15.0. The number of nitrogens with zero attached hydrogens (tertiary/aromatic N) is 1. The number of hydrogen-bond acceptors (Lipinski definition) is 0. The van der Waals surface area contributed by atoms with Crippen LogP contribution in [0.15, 0.2) is 152 Å². The summed E-state index contributed by atoms with van der Waals surface area (Å²) in [5.41, 5.74) is 12.3. The molecule has 0 atom stereocenters. The Labute approximate surface area is 253 Å². The van der Waals surface area contributed by atoms with E-state index >= 15 is 0 Å². The SMILES string of the molecule is CCn1c2ccccc2c2cc(-c3ccc(/C=C/c4ccc(C=C(c5ccccc5)c5ccccc5)cc4)cc3)ccc21. The minimum Gasteiger partial charge on any atom is -0.341 e. The Balaban J connectivity index is 1.10. The summed E-state index contributed by atoms with van der Waals surface area (Å²) in [4.78, 5) is 0. The molecular formula is C42H33N. The number of para-hydroxylation sites is 1. The van der Waals surface area contributed by atoms with Crippen molar-refractivity contribution in [3.8, 4) is 11.1 Å². The van der Waals surface area contributed by atoms with Crippen molar-refractivity contribution in [2.75, 3.05) is 0 Å². The molecule has 0 aliphatic heterocycles. The van der Waals surface area contributed by atoms with Crippen LogP contribution in [0.1, 0.15) is 34.7 Å². The Morgan fingerprint density at radius 1 is 0.488 bits per heavy atom. The normalized spacial score (nSPS) is 11.4. The molecule has 1 heterocycles. The van der Waals surface area contributed by atoms with E-state index in [2.05, 4.69) is 181 Å². The molecule has 0 bridgehead atoms. The first-order valence-corrected chi connectivity index (χ1v) is 15.0. The molecule has 0 aliphatic carbocycles. The number of aromatic nitrogens is 1. The van der Waals surface area contributed by atoms with Gasteiger partial charge in [0, 0.05) is 28.4 Å². The minimum atomic E-state index is 0.965. The van der Waals surface area contributed by atoms with E-state index in [1.54, 1.807) is 0 Å². The zero-order chi connectivity index (χ0) is 29.0. The highest BCUT2D eigenvalue weighted by molar-refractivity contribution is 6.09. The van der Waals surface area contributed by atoms with E-state index in [1.807, 2.05) is 0 Å². The van der Waals surface area contributed by atoms with Gasteiger partial charge in [-0.3, -0.25) is 0 Å². The third-order valence-corrected chi connectivity index (χ3v) is 8.22. The Hall–Kier alpha value is -5.40. The van der Waals surface area contributed by atoms with Crippen molar-refractivity contribution >= 4 is 45.6 Å². The van der Waals surface area contributed by atoms with Gasteiger partial charge in [-0.15, -0.1) is 0 Å². The van der Waals surface area contributed by atoms with Crippen LogP contribution in [-0.2, 0) is 6.54 Å². The largest absolute Gasteiger partial charge is 0.341 e. The monoisotopic (exact) mass is 551 g/mol. The Morgan fingerprint density at radius 3 is 1.63 bits per heavy atom. The maximum absolute atomic E-state index is 2.40. The van der Waals surface area contributed by atoms with Gasteiger partial charge in [-0.2, -0.15) is 0 Å². The molecule has 43 heavy (non-hydrogen) atoms. The number of fused-ring (bicyclic) bond motifs is 3. The zero-order valence-electron chi connectivity index (χ0n) is 24.3. The third kappa shape index (κ3) is 5.46. The molecule has 1 nitrogen and oxygen atoms in total. The van der Waals surface area contributed by atoms with Crippen molar-refractivity contribution in [1.29, 1.82) is 0 Å². The van der Waals surface area contributed by atoms with Gasteiger partial charge in [0.25, 0.3) is 0 Å². The first-order chi connectivity index (χ1) is 21.3. The molecule has 0 unspecified atom stereocenters. The fourth-order valence-corrected chi connectivity index (χ4v) is 5.99. The molecule has 1 heteroatoms. The summed E-state index contributed by atoms with van der Waals surface area (Å²) < 4.78 is 2.40. The van der Waals surface area contributed by atoms with E-state index in [-0.39, 0.29) is 0 Å². The average molecular weight is 552 g/mol. The fraction of sp³-hybridized carbons (Fsp3) is 0.0476. The number of benzene rings is 6. The summed E-state index contributed by atoms with van der Waals surface area (Å²) in [5, 5.41) is 2.63. The molecule has 0 spiro atoms. The number of aryl methyl sites for hydroxylation is 1. The molecule has 0 fully saturated rings. The topological polar surface area (TPSA) is 4.93 Å². The molecule has 1 aromatic heterocycles. The van der Waals surface area contributed by atoms with Gasteiger partial charge in [0.1, 0.15) is 0 Å². The van der Waals surface area contributed by atoms with Crippen LogP contribution >= 0.6 is 0 Å². The molecule has 0 saturated heterocycles. The maximum atomic E-state index is 2.40. The van der Waals surface area contributed by atoms with E-state index in [0.717, 1.165) is 6.54 Å². The molecule has 7 rings (SSSR count). The van der Waals surface area contributed by atoms with E-state index in [0.29, 0.717) is 0 Å². The molecule has 0 saturated carbocycles. The van der Waals surface area contributed by atoms with Crippen molar-refractivity contribution in [3.05, 3.63) is 179 Å². The Kier molecular flexibility index (Phi) is 7.29. The molecule has 206 valence electrons. The lowest BCUT2D eigenvalue weighted by Crippen LogP contribution is -1.92. The Morgan fingerprint density at radius 2 is 1.00 bits per heavy atom. The van der Waals surface area contributed by atoms with E-state index in [9.17, 15) is 0 Å². The van der Waals surface area contributed by atoms with Crippen molar-refractivity contribution in [1.82, 2.24) is 4.57 Å². The minimum absolute atomic E-state index is 0.965. The fourth-order valence-electron chi connectivity index (χ4n) is 5.99. The lowest BCUT2D eigenvalue weighted by Gasteiger charge is -2.09. The first kappa shape index (κ1) is 26.5. The summed E-state index contributed by atoms with van der Waals surface area (Å²) in [7, 11) is 0. The molecule has 7 aromatic rings. The quantitative estimate of drug-likeness (QED) is 0.174. The third-order valence-electron chi connectivity index (χ3n) is 8.22. The van der Waals surface area contributed by atoms with Crippen molar-refractivity contribution in [2.45, 2.75) is 13.5 Å². The summed E-state index contributed by atoms with van der Waals surface area (Å²) in [6.07, 6.45) is 6.64. The van der Waals surface area contributed by atoms with Gasteiger partial charge >= 0.3 is 0 Å². The smallest absolute Gasteiger partial charge is 0.0491 e. The van der Waals surface area contributed by atoms with Crippen molar-refractivity contribution < 1.29 is 0 Å². The van der Waals surface area contributed by atoms with Gasteiger partial charge in [0.05, 0.1) is 0 Å². The Bertz CT molecular complexity index is 2020. The summed E-state index contributed by atoms with van der Waals surface area (Å²) >= 11 is 0. The first-order valence-electron chi connectivity index (χ1n) is 15.0. The van der Waals surface area contributed by atoms with Crippen LogP contribution in [0.25, 0.3) is 56.7 Å². The van der Waals surface area contributed by atoms with E-state index in [1.165, 1.54) is 66.3 Å². The lowest BCUT2D eigenvalue weighted by molar-refractivity contribution is 0.827. The maximum Gasteiger partial charge on any atom is 0.0491 e. The van der Waals surface area contributed by atoms with Gasteiger partial charge in [0.2, 0.25) is 0 Å². The summed E-state index contributed by atoms with van der Waals surface area (Å²) in [6, 6.07) is 54.4. The van der Waals surface area contributed by atoms with Crippen LogP contribution in [-0.4, -0.2) is 4.57 Å². The number of rotatable bonds is 7. The predicted molar refractivity (Wildman–Crippen MR) is 186 cm³/mol. The highest BCUT2D eigenvalue weighted by Gasteiger charge is 2.10. The zero-order valence-corrected chi connectivity index (χ0v) is 24.3. The molecule has 6 aromatic carbocycles. The van der Waals surface area contributed by atoms with E-state index < -0.39 is 0 Å². The van der Waals surface area contributed by atoms with Crippen LogP contribution in [0, 0.1) is 0 Å². The summed E-state index contributed by atoms with van der Waals surface area (Å²) in [5.74, 6) is 0. The molecule has 0 radical (unpaired) electrons. The predicted octanol–water partition coefficient (Wildman–Crippen LogP) is 11.2. The van der Waals surface area contributed by atoms with Gasteiger partial charge in [-0.05, 0) is 75.7 Å². The van der Waals surface area contributed by atoms with Crippen LogP contribution in [0.5, 0.6) is 0 Å². The van der Waals surface area contributed by atoms with Crippen LogP contribution in [0.2, 0.25) is 0 Å². The average Bonchev–Trinajstić information content (AvgIpc) is 3.41. The highest BCUT2D eigenvalue weighted by Crippen LogP contribution is 2.33. The van der Waals surface area contributed by atoms with Gasteiger partial charge in [-0.25, -0.2) is 0 Å². The van der Waals surface area contributed by atoms with Crippen molar-refractivity contribution in [3.63, 3.8) is 0 Å². The second-order valence-corrected chi connectivity index (χ2v) is 10.9. The molecular weight excluding hydrogens is 518 g/mol. The van der Waals surface area contributed by atoms with Gasteiger partial charge in [0.15, 0.2) is 0 Å². The van der Waals surface area contributed by atoms with Crippen LogP contribution in [0.3, 0.4) is 0 Å². The van der Waals surface area contributed by atoms with Gasteiger partial charge in [-0.1, -0.05) is 146 Å². The lowest BCUT2D eigenvalue weighted by atomic mass is 9.95. The molecule has 0 amide bonds. The van der Waals surface area contributed by atoms with Crippen molar-refractivity contribution in [2.24, 2.45) is 0 Å². The van der Waals surface area contributed by atoms with Crippen LogP contribution in [0.4, 0.5) is 0 Å². The number of hydrogen-bond donors (Lipinski definition) is 0. The second kappa shape index (κ2) is 11.8. The molecule has 0 aliphatic rings. The standard InChI is InChI=1S/C42H33N/c1-2-43-41-16-10-9-15-38(41)40-30-37(27-28-42(40)43)34-25-23-32(24-26-34)18-17-31-19-21-33(22-20-31)29-39(35-11-5-3-6-12-35)36-13-7-4-8-14-36/h3-30H,2H2,1H3/b18-17+. The molecule has 0 N–H and O–H groups in total. The van der Waals surface area contributed by atoms with Gasteiger partial charge < -0.3 is 4.57 Å². The second-order valence-electron chi connectivity index (χ2n) is 10.9. The van der Waals surface area contributed by atoms with Crippen LogP contribution < -0.4 is 0 Å². The summed E-state index contributed by atoms with van der Waals surface area (Å²) in [6.45, 7) is 3.18. The van der Waals surface area contributed by atoms with E-state index in [4.69, 9.17) is 0 Å².